The summed E-state index contributed by atoms with van der Waals surface area (Å²) in [4.78, 5) is 8.97. The Morgan fingerprint density at radius 1 is 1.20 bits per heavy atom. The monoisotopic (exact) mass is 269 g/mol. The number of nitrogens with zero attached hydrogens (tertiary/aromatic N) is 2. The number of anilines is 1. The number of aliphatic imine (C=N–C) groups is 1. The molecule has 1 aromatic carbocycles. The van der Waals surface area contributed by atoms with Crippen molar-refractivity contribution in [3.8, 4) is 11.3 Å². The summed E-state index contributed by atoms with van der Waals surface area (Å²) in [7, 11) is 1.78. The standard InChI is InChI=1S/C16H16FN3/c1-19-15(11-2-3-11)16-13(18)8-9-14(20-16)10-4-6-12(17)7-5-10/h4-9,11H,2-3,18H2,1H3. The second kappa shape index (κ2) is 5.04. The maximum atomic E-state index is 13.0. The van der Waals surface area contributed by atoms with Gasteiger partial charge in [0.2, 0.25) is 0 Å². The number of nitrogen functional groups attached to an aromatic ring is 1. The van der Waals surface area contributed by atoms with Crippen molar-refractivity contribution in [1.29, 1.82) is 0 Å². The Bertz CT molecular complexity index is 658. The third-order valence-electron chi connectivity index (χ3n) is 3.51. The summed E-state index contributed by atoms with van der Waals surface area (Å²) in [5, 5.41) is 0. The van der Waals surface area contributed by atoms with Gasteiger partial charge in [-0.05, 0) is 49.2 Å². The van der Waals surface area contributed by atoms with Gasteiger partial charge in [0.25, 0.3) is 0 Å². The lowest BCUT2D eigenvalue weighted by Gasteiger charge is -2.09. The van der Waals surface area contributed by atoms with E-state index in [1.807, 2.05) is 12.1 Å². The molecule has 0 radical (unpaired) electrons. The fraction of sp³-hybridized carbons (Fsp3) is 0.250. The molecule has 1 aromatic heterocycles. The minimum absolute atomic E-state index is 0.252. The summed E-state index contributed by atoms with van der Waals surface area (Å²) in [6.45, 7) is 0. The molecule has 0 bridgehead atoms. The first-order chi connectivity index (χ1) is 9.69. The lowest BCUT2D eigenvalue weighted by atomic mass is 10.1. The molecular weight excluding hydrogens is 253 g/mol. The number of rotatable bonds is 3. The largest absolute Gasteiger partial charge is 0.397 e. The topological polar surface area (TPSA) is 51.3 Å². The lowest BCUT2D eigenvalue weighted by Crippen LogP contribution is -2.10. The van der Waals surface area contributed by atoms with E-state index in [1.165, 1.54) is 12.1 Å². The van der Waals surface area contributed by atoms with Crippen molar-refractivity contribution in [3.05, 3.63) is 47.9 Å². The van der Waals surface area contributed by atoms with Gasteiger partial charge in [-0.25, -0.2) is 9.37 Å². The first-order valence-corrected chi connectivity index (χ1v) is 6.68. The molecule has 1 saturated carbocycles. The summed E-state index contributed by atoms with van der Waals surface area (Å²) in [5.74, 6) is 0.233. The molecule has 0 aliphatic heterocycles. The SMILES string of the molecule is CN=C(c1nc(-c2ccc(F)cc2)ccc1N)C1CC1. The molecule has 20 heavy (non-hydrogen) atoms. The van der Waals surface area contributed by atoms with Crippen molar-refractivity contribution in [2.45, 2.75) is 12.8 Å². The van der Waals surface area contributed by atoms with Gasteiger partial charge in [0, 0.05) is 18.5 Å². The van der Waals surface area contributed by atoms with Crippen LogP contribution in [-0.4, -0.2) is 17.7 Å². The van der Waals surface area contributed by atoms with Gasteiger partial charge in [-0.3, -0.25) is 4.99 Å². The molecule has 1 aliphatic carbocycles. The highest BCUT2D eigenvalue weighted by Crippen LogP contribution is 2.34. The minimum atomic E-state index is -0.252. The van der Waals surface area contributed by atoms with Crippen LogP contribution in [0.1, 0.15) is 18.5 Å². The summed E-state index contributed by atoms with van der Waals surface area (Å²) >= 11 is 0. The molecule has 0 saturated heterocycles. The molecule has 102 valence electrons. The molecule has 0 spiro atoms. The molecule has 2 N–H and O–H groups in total. The van der Waals surface area contributed by atoms with Crippen LogP contribution in [-0.2, 0) is 0 Å². The Morgan fingerprint density at radius 2 is 1.90 bits per heavy atom. The molecule has 4 heteroatoms. The van der Waals surface area contributed by atoms with E-state index in [4.69, 9.17) is 5.73 Å². The van der Waals surface area contributed by atoms with Gasteiger partial charge in [-0.1, -0.05) is 0 Å². The zero-order valence-electron chi connectivity index (χ0n) is 11.3. The summed E-state index contributed by atoms with van der Waals surface area (Å²) in [5.41, 5.74) is 10.1. The molecule has 2 aromatic rings. The molecular formula is C16H16FN3. The van der Waals surface area contributed by atoms with Gasteiger partial charge < -0.3 is 5.73 Å². The Hall–Kier alpha value is -2.23. The Labute approximate surface area is 117 Å². The molecule has 3 rings (SSSR count). The minimum Gasteiger partial charge on any atom is -0.397 e. The number of nitrogens with two attached hydrogens (primary N) is 1. The highest BCUT2D eigenvalue weighted by atomic mass is 19.1. The molecule has 1 aliphatic rings. The van der Waals surface area contributed by atoms with Crippen LogP contribution in [0.3, 0.4) is 0 Å². The lowest BCUT2D eigenvalue weighted by molar-refractivity contribution is 0.628. The summed E-state index contributed by atoms with van der Waals surface area (Å²) in [6.07, 6.45) is 2.29. The van der Waals surface area contributed by atoms with Crippen LogP contribution in [0.25, 0.3) is 11.3 Å². The Kier molecular flexibility index (Phi) is 3.22. The van der Waals surface area contributed by atoms with Gasteiger partial charge in [-0.15, -0.1) is 0 Å². The first kappa shape index (κ1) is 12.8. The molecule has 1 fully saturated rings. The van der Waals surface area contributed by atoms with Crippen LogP contribution in [0.4, 0.5) is 10.1 Å². The van der Waals surface area contributed by atoms with Crippen molar-refractivity contribution in [2.75, 3.05) is 12.8 Å². The van der Waals surface area contributed by atoms with Crippen molar-refractivity contribution in [3.63, 3.8) is 0 Å². The molecule has 3 nitrogen and oxygen atoms in total. The number of halogens is 1. The van der Waals surface area contributed by atoms with E-state index in [2.05, 4.69) is 9.98 Å². The van der Waals surface area contributed by atoms with Gasteiger partial charge in [-0.2, -0.15) is 0 Å². The van der Waals surface area contributed by atoms with Crippen LogP contribution in [0.15, 0.2) is 41.4 Å². The van der Waals surface area contributed by atoms with E-state index in [1.54, 1.807) is 19.2 Å². The fourth-order valence-electron chi connectivity index (χ4n) is 2.30. The fourth-order valence-corrected chi connectivity index (χ4v) is 2.30. The van der Waals surface area contributed by atoms with Gasteiger partial charge in [0.1, 0.15) is 11.5 Å². The van der Waals surface area contributed by atoms with Crippen molar-refractivity contribution >= 4 is 11.4 Å². The van der Waals surface area contributed by atoms with E-state index in [0.717, 1.165) is 35.5 Å². The second-order valence-electron chi connectivity index (χ2n) is 5.02. The average molecular weight is 269 g/mol. The van der Waals surface area contributed by atoms with Crippen LogP contribution >= 0.6 is 0 Å². The van der Waals surface area contributed by atoms with Crippen LogP contribution < -0.4 is 5.73 Å². The molecule has 0 atom stereocenters. The number of hydrogen-bond donors (Lipinski definition) is 1. The van der Waals surface area contributed by atoms with Gasteiger partial charge in [0.15, 0.2) is 0 Å². The number of hydrogen-bond acceptors (Lipinski definition) is 3. The van der Waals surface area contributed by atoms with Gasteiger partial charge >= 0.3 is 0 Å². The molecule has 1 heterocycles. The zero-order chi connectivity index (χ0) is 14.1. The molecule has 0 amide bonds. The third kappa shape index (κ3) is 2.41. The normalized spacial score (nSPS) is 15.4. The Morgan fingerprint density at radius 3 is 2.50 bits per heavy atom. The van der Waals surface area contributed by atoms with E-state index in [0.29, 0.717) is 11.6 Å². The van der Waals surface area contributed by atoms with E-state index < -0.39 is 0 Å². The third-order valence-corrected chi connectivity index (χ3v) is 3.51. The number of pyridine rings is 1. The van der Waals surface area contributed by atoms with Gasteiger partial charge in [0.05, 0.1) is 17.1 Å². The molecule has 0 unspecified atom stereocenters. The summed E-state index contributed by atoms with van der Waals surface area (Å²) in [6, 6.07) is 10.0. The maximum absolute atomic E-state index is 13.0. The smallest absolute Gasteiger partial charge is 0.123 e. The van der Waals surface area contributed by atoms with Crippen LogP contribution in [0.5, 0.6) is 0 Å². The van der Waals surface area contributed by atoms with Crippen molar-refractivity contribution in [2.24, 2.45) is 10.9 Å². The highest BCUT2D eigenvalue weighted by molar-refractivity contribution is 6.06. The Balaban J connectivity index is 2.04. The maximum Gasteiger partial charge on any atom is 0.123 e. The summed E-state index contributed by atoms with van der Waals surface area (Å²) < 4.78 is 13.0. The second-order valence-corrected chi connectivity index (χ2v) is 5.02. The highest BCUT2D eigenvalue weighted by Gasteiger charge is 2.30. The van der Waals surface area contributed by atoms with E-state index in [9.17, 15) is 4.39 Å². The zero-order valence-corrected chi connectivity index (χ0v) is 11.3. The van der Waals surface area contributed by atoms with Crippen LogP contribution in [0.2, 0.25) is 0 Å². The van der Waals surface area contributed by atoms with E-state index >= 15 is 0 Å². The average Bonchev–Trinajstić information content (AvgIpc) is 3.27. The van der Waals surface area contributed by atoms with Crippen molar-refractivity contribution < 1.29 is 4.39 Å². The van der Waals surface area contributed by atoms with Crippen molar-refractivity contribution in [1.82, 2.24) is 4.98 Å². The van der Waals surface area contributed by atoms with Crippen LogP contribution in [0, 0.1) is 11.7 Å². The predicted molar refractivity (Wildman–Crippen MR) is 79.2 cm³/mol. The quantitative estimate of drug-likeness (QED) is 0.869. The van der Waals surface area contributed by atoms with E-state index in [-0.39, 0.29) is 5.82 Å². The predicted octanol–water partition coefficient (Wildman–Crippen LogP) is 3.30. The number of benzene rings is 1. The number of aromatic nitrogens is 1. The first-order valence-electron chi connectivity index (χ1n) is 6.68.